The minimum Gasteiger partial charge on any atom is -0.361 e. The molecule has 1 aliphatic heterocycles. The Bertz CT molecular complexity index is 157. The van der Waals surface area contributed by atoms with Crippen LogP contribution in [0.5, 0.6) is 0 Å². The Hall–Kier alpha value is -0.800. The van der Waals surface area contributed by atoms with E-state index in [2.05, 4.69) is 0 Å². The van der Waals surface area contributed by atoms with Crippen LogP contribution in [0.25, 0.3) is 0 Å². The zero-order valence-electron chi connectivity index (χ0n) is 8.01. The van der Waals surface area contributed by atoms with E-state index in [0.717, 1.165) is 4.90 Å². The molecule has 0 bridgehead atoms. The number of allylic oxidation sites excluding steroid dienone is 1. The summed E-state index contributed by atoms with van der Waals surface area (Å²) in [5.74, 6) is 0. The fourth-order valence-corrected chi connectivity index (χ4v) is 1.00. The average molecular weight is 178 g/mol. The topological polar surface area (TPSA) is 6.48 Å². The molecule has 0 saturated carbocycles. The lowest BCUT2D eigenvalue weighted by Crippen LogP contribution is -2.28. The second kappa shape index (κ2) is 4.95. The predicted molar refractivity (Wildman–Crippen MR) is 45.6 cm³/mol. The van der Waals surface area contributed by atoms with E-state index < -0.39 is 6.55 Å². The Morgan fingerprint density at radius 2 is 1.92 bits per heavy atom. The van der Waals surface area contributed by atoms with Crippen molar-refractivity contribution in [1.82, 2.24) is 9.80 Å². The van der Waals surface area contributed by atoms with E-state index in [0.29, 0.717) is 12.4 Å². The first kappa shape index (κ1) is 11.2. The molecule has 0 aromatic heterocycles. The zero-order chi connectivity index (χ0) is 9.72. The Kier molecular flexibility index (Phi) is 4.62. The molecule has 0 aromatic rings. The molecule has 2 nitrogen and oxygen atoms in total. The average Bonchev–Trinajstić information content (AvgIpc) is 2.34. The molecule has 0 aliphatic carbocycles. The van der Waals surface area contributed by atoms with Gasteiger partial charge in [-0.1, -0.05) is 13.8 Å². The van der Waals surface area contributed by atoms with E-state index in [1.54, 1.807) is 25.1 Å². The van der Waals surface area contributed by atoms with Crippen molar-refractivity contribution in [1.29, 1.82) is 0 Å². The minimum atomic E-state index is -2.37. The van der Waals surface area contributed by atoms with Gasteiger partial charge in [-0.2, -0.15) is 8.78 Å². The Balaban J connectivity index is 0.000000561. The van der Waals surface area contributed by atoms with Crippen LogP contribution < -0.4 is 0 Å². The van der Waals surface area contributed by atoms with Crippen LogP contribution in [-0.4, -0.2) is 30.1 Å². The molecule has 0 aromatic carbocycles. The highest BCUT2D eigenvalue weighted by molar-refractivity contribution is 5.01. The number of halogens is 2. The molecular formula is C8H16F2N2. The highest BCUT2D eigenvalue weighted by Gasteiger charge is 2.21. The van der Waals surface area contributed by atoms with Crippen molar-refractivity contribution in [3.05, 3.63) is 11.9 Å². The van der Waals surface area contributed by atoms with Crippen LogP contribution in [0.4, 0.5) is 8.78 Å². The van der Waals surface area contributed by atoms with Crippen LogP contribution in [-0.2, 0) is 0 Å². The van der Waals surface area contributed by atoms with Crippen LogP contribution in [0.2, 0.25) is 0 Å². The Morgan fingerprint density at radius 3 is 2.08 bits per heavy atom. The summed E-state index contributed by atoms with van der Waals surface area (Å²) in [5, 5.41) is 0. The number of hydrogen-bond acceptors (Lipinski definition) is 2. The van der Waals surface area contributed by atoms with E-state index >= 15 is 0 Å². The van der Waals surface area contributed by atoms with E-state index in [1.807, 2.05) is 13.8 Å². The van der Waals surface area contributed by atoms with Crippen LogP contribution in [0, 0.1) is 0 Å². The normalized spacial score (nSPS) is 16.1. The maximum absolute atomic E-state index is 12.0. The standard InChI is InChI=1S/C6H10F2N2.C2H6/c1-5-3-9(2)4-10(5)6(7)8;1-2/h3,6H,4H2,1-2H3;1-2H3. The molecule has 4 heteroatoms. The summed E-state index contributed by atoms with van der Waals surface area (Å²) < 4.78 is 24.0. The first-order chi connectivity index (χ1) is 5.61. The van der Waals surface area contributed by atoms with Crippen molar-refractivity contribution >= 4 is 0 Å². The second-order valence-corrected chi connectivity index (χ2v) is 2.42. The molecule has 0 fully saturated rings. The van der Waals surface area contributed by atoms with Crippen molar-refractivity contribution in [2.75, 3.05) is 13.7 Å². The maximum Gasteiger partial charge on any atom is 0.316 e. The Morgan fingerprint density at radius 1 is 1.42 bits per heavy atom. The van der Waals surface area contributed by atoms with Gasteiger partial charge in [0.2, 0.25) is 0 Å². The molecule has 0 atom stereocenters. The molecule has 1 heterocycles. The zero-order valence-corrected chi connectivity index (χ0v) is 8.01. The molecule has 0 N–H and O–H groups in total. The van der Waals surface area contributed by atoms with E-state index in [9.17, 15) is 8.78 Å². The van der Waals surface area contributed by atoms with Crippen LogP contribution in [0.15, 0.2) is 11.9 Å². The number of hydrogen-bond donors (Lipinski definition) is 0. The van der Waals surface area contributed by atoms with E-state index in [4.69, 9.17) is 0 Å². The first-order valence-corrected chi connectivity index (χ1v) is 4.04. The third-order valence-corrected chi connectivity index (χ3v) is 1.47. The fourth-order valence-electron chi connectivity index (χ4n) is 1.00. The smallest absolute Gasteiger partial charge is 0.316 e. The summed E-state index contributed by atoms with van der Waals surface area (Å²) in [4.78, 5) is 2.77. The van der Waals surface area contributed by atoms with Crippen LogP contribution >= 0.6 is 0 Å². The number of nitrogens with zero attached hydrogens (tertiary/aromatic N) is 2. The fraction of sp³-hybridized carbons (Fsp3) is 0.750. The van der Waals surface area contributed by atoms with Gasteiger partial charge in [-0.05, 0) is 6.92 Å². The van der Waals surface area contributed by atoms with Crippen molar-refractivity contribution in [2.24, 2.45) is 0 Å². The summed E-state index contributed by atoms with van der Waals surface area (Å²) >= 11 is 0. The summed E-state index contributed by atoms with van der Waals surface area (Å²) in [6.07, 6.45) is 1.70. The molecule has 1 aliphatic rings. The molecule has 0 radical (unpaired) electrons. The molecule has 0 spiro atoms. The molecule has 12 heavy (non-hydrogen) atoms. The first-order valence-electron chi connectivity index (χ1n) is 4.04. The molecule has 1 rings (SSSR count). The van der Waals surface area contributed by atoms with Gasteiger partial charge in [0, 0.05) is 18.9 Å². The van der Waals surface area contributed by atoms with Gasteiger partial charge < -0.3 is 9.80 Å². The molecule has 0 unspecified atom stereocenters. The van der Waals surface area contributed by atoms with Gasteiger partial charge in [0.05, 0.1) is 6.67 Å². The van der Waals surface area contributed by atoms with Gasteiger partial charge in [0.25, 0.3) is 0 Å². The minimum absolute atomic E-state index is 0.295. The maximum atomic E-state index is 12.0. The number of alkyl halides is 2. The third-order valence-electron chi connectivity index (χ3n) is 1.47. The predicted octanol–water partition coefficient (Wildman–Crippen LogP) is 2.30. The lowest BCUT2D eigenvalue weighted by atomic mass is 10.5. The van der Waals surface area contributed by atoms with Gasteiger partial charge in [-0.25, -0.2) is 0 Å². The van der Waals surface area contributed by atoms with Crippen molar-refractivity contribution in [2.45, 2.75) is 27.3 Å². The Labute approximate surface area is 72.5 Å². The van der Waals surface area contributed by atoms with Gasteiger partial charge in [0.1, 0.15) is 0 Å². The molecule has 0 amide bonds. The summed E-state index contributed by atoms with van der Waals surface area (Å²) in [6, 6.07) is 0. The molecular weight excluding hydrogens is 162 g/mol. The molecule has 0 saturated heterocycles. The summed E-state index contributed by atoms with van der Waals surface area (Å²) in [7, 11) is 1.77. The molecule has 72 valence electrons. The lowest BCUT2D eigenvalue weighted by molar-refractivity contribution is -0.00948. The highest BCUT2D eigenvalue weighted by atomic mass is 19.3. The number of rotatable bonds is 1. The third kappa shape index (κ3) is 2.68. The van der Waals surface area contributed by atoms with Gasteiger partial charge in [-0.3, -0.25) is 0 Å². The van der Waals surface area contributed by atoms with E-state index in [1.165, 1.54) is 0 Å². The van der Waals surface area contributed by atoms with Gasteiger partial charge >= 0.3 is 6.55 Å². The van der Waals surface area contributed by atoms with Crippen molar-refractivity contribution in [3.8, 4) is 0 Å². The largest absolute Gasteiger partial charge is 0.361 e. The quantitative estimate of drug-likeness (QED) is 0.568. The van der Waals surface area contributed by atoms with Crippen molar-refractivity contribution < 1.29 is 8.78 Å². The van der Waals surface area contributed by atoms with Gasteiger partial charge in [0.15, 0.2) is 0 Å². The summed E-state index contributed by atoms with van der Waals surface area (Å²) in [6.45, 7) is 3.60. The second-order valence-electron chi connectivity index (χ2n) is 2.42. The highest BCUT2D eigenvalue weighted by Crippen LogP contribution is 2.17. The van der Waals surface area contributed by atoms with Crippen LogP contribution in [0.3, 0.4) is 0 Å². The monoisotopic (exact) mass is 178 g/mol. The van der Waals surface area contributed by atoms with Gasteiger partial charge in [-0.15, -0.1) is 0 Å². The van der Waals surface area contributed by atoms with Crippen molar-refractivity contribution in [3.63, 3.8) is 0 Å². The van der Waals surface area contributed by atoms with Crippen LogP contribution in [0.1, 0.15) is 20.8 Å². The lowest BCUT2D eigenvalue weighted by Gasteiger charge is -2.19. The summed E-state index contributed by atoms with van der Waals surface area (Å²) in [5.41, 5.74) is 0.623. The SMILES string of the molecule is CC.CC1=CN(C)CN1C(F)F. The van der Waals surface area contributed by atoms with E-state index in [-0.39, 0.29) is 0 Å².